The molecule has 172 valence electrons. The number of hydrogen-bond acceptors (Lipinski definition) is 7. The van der Waals surface area contributed by atoms with Gasteiger partial charge < -0.3 is 15.1 Å². The van der Waals surface area contributed by atoms with E-state index in [1.165, 1.54) is 24.3 Å². The van der Waals surface area contributed by atoms with Crippen LogP contribution < -0.4 is 5.32 Å². The number of nitro groups is 1. The van der Waals surface area contributed by atoms with E-state index in [0.29, 0.717) is 17.2 Å². The molecular weight excluding hydrogens is 423 g/mol. The van der Waals surface area contributed by atoms with Crippen molar-refractivity contribution >= 4 is 34.6 Å². The number of rotatable bonds is 8. The van der Waals surface area contributed by atoms with Crippen LogP contribution in [-0.2, 0) is 0 Å². The van der Waals surface area contributed by atoms with E-state index < -0.39 is 4.92 Å². The van der Waals surface area contributed by atoms with Crippen LogP contribution in [0.5, 0.6) is 0 Å². The second-order valence-corrected chi connectivity index (χ2v) is 8.20. The Kier molecular flexibility index (Phi) is 7.21. The number of halogens is 1. The van der Waals surface area contributed by atoms with Gasteiger partial charge in [0.1, 0.15) is 11.6 Å². The summed E-state index contributed by atoms with van der Waals surface area (Å²) in [5, 5.41) is 15.4. The van der Waals surface area contributed by atoms with Crippen molar-refractivity contribution in [2.45, 2.75) is 6.42 Å². The average Bonchev–Trinajstić information content (AvgIpc) is 2.82. The second-order valence-electron chi connectivity index (χ2n) is 8.20. The molecule has 1 saturated heterocycles. The van der Waals surface area contributed by atoms with Gasteiger partial charge in [0.25, 0.3) is 5.69 Å². The van der Waals surface area contributed by atoms with Crippen LogP contribution in [0, 0.1) is 15.9 Å². The SMILES string of the molecule is CN1CCN(CCCNc2nc(/C=C/c3ccc(F)cc3)nc3cc([N+](=O)[O-])ccc23)CC1. The van der Waals surface area contributed by atoms with Crippen molar-refractivity contribution in [1.82, 2.24) is 19.8 Å². The quantitative estimate of drug-likeness (QED) is 0.316. The van der Waals surface area contributed by atoms with E-state index >= 15 is 0 Å². The number of nitrogens with one attached hydrogen (secondary N) is 1. The molecule has 33 heavy (non-hydrogen) atoms. The molecule has 0 spiro atoms. The molecule has 3 aromatic rings. The molecule has 0 aliphatic carbocycles. The third-order valence-corrected chi connectivity index (χ3v) is 5.74. The number of likely N-dealkylation sites (N-methyl/N-ethyl adjacent to an activating group) is 1. The molecule has 1 aliphatic heterocycles. The second kappa shape index (κ2) is 10.5. The lowest BCUT2D eigenvalue weighted by Gasteiger charge is -2.32. The Balaban J connectivity index is 1.51. The molecule has 1 aromatic heterocycles. The lowest BCUT2D eigenvalue weighted by Crippen LogP contribution is -2.44. The van der Waals surface area contributed by atoms with E-state index in [-0.39, 0.29) is 11.5 Å². The fraction of sp³-hybridized carbons (Fsp3) is 0.333. The summed E-state index contributed by atoms with van der Waals surface area (Å²) < 4.78 is 13.1. The van der Waals surface area contributed by atoms with E-state index in [2.05, 4.69) is 32.1 Å². The van der Waals surface area contributed by atoms with Crippen LogP contribution in [0.15, 0.2) is 42.5 Å². The van der Waals surface area contributed by atoms with Gasteiger partial charge in [0.15, 0.2) is 5.82 Å². The van der Waals surface area contributed by atoms with E-state index in [0.717, 1.165) is 56.6 Å². The summed E-state index contributed by atoms with van der Waals surface area (Å²) in [6.07, 6.45) is 4.47. The summed E-state index contributed by atoms with van der Waals surface area (Å²) in [5.41, 5.74) is 1.29. The van der Waals surface area contributed by atoms with Gasteiger partial charge in [-0.05, 0) is 49.9 Å². The van der Waals surface area contributed by atoms with Crippen LogP contribution in [0.4, 0.5) is 15.9 Å². The summed E-state index contributed by atoms with van der Waals surface area (Å²) in [6, 6.07) is 10.7. The van der Waals surface area contributed by atoms with Crippen molar-refractivity contribution in [3.63, 3.8) is 0 Å². The number of hydrogen-bond donors (Lipinski definition) is 1. The molecule has 9 heteroatoms. The van der Waals surface area contributed by atoms with Gasteiger partial charge in [0.05, 0.1) is 10.4 Å². The zero-order valence-electron chi connectivity index (χ0n) is 18.6. The standard InChI is InChI=1S/C24H27FN6O2/c1-29-13-15-30(16-14-29)12-2-11-26-24-21-9-8-20(31(32)33)17-22(21)27-23(28-24)10-5-18-3-6-19(25)7-4-18/h3-10,17H,2,11-16H2,1H3,(H,26,27,28)/b10-5+. The smallest absolute Gasteiger partial charge is 0.271 e. The first-order valence-electron chi connectivity index (χ1n) is 11.0. The number of non-ortho nitro benzene ring substituents is 1. The fourth-order valence-corrected chi connectivity index (χ4v) is 3.78. The number of nitro benzene ring substituents is 1. The Morgan fingerprint density at radius 3 is 2.58 bits per heavy atom. The first-order chi connectivity index (χ1) is 16.0. The molecule has 1 N–H and O–H groups in total. The molecule has 0 radical (unpaired) electrons. The zero-order valence-corrected chi connectivity index (χ0v) is 18.6. The minimum absolute atomic E-state index is 0.0179. The molecule has 0 bridgehead atoms. The van der Waals surface area contributed by atoms with Gasteiger partial charge in [-0.2, -0.15) is 0 Å². The first kappa shape index (κ1) is 22.8. The summed E-state index contributed by atoms with van der Waals surface area (Å²) in [7, 11) is 2.14. The molecule has 0 saturated carbocycles. The summed E-state index contributed by atoms with van der Waals surface area (Å²) >= 11 is 0. The van der Waals surface area contributed by atoms with Crippen molar-refractivity contribution in [3.05, 3.63) is 69.8 Å². The van der Waals surface area contributed by atoms with Crippen LogP contribution in [0.3, 0.4) is 0 Å². The minimum Gasteiger partial charge on any atom is -0.369 e. The van der Waals surface area contributed by atoms with Gasteiger partial charge in [-0.3, -0.25) is 10.1 Å². The summed E-state index contributed by atoms with van der Waals surface area (Å²) in [6.45, 7) is 6.08. The number of aromatic nitrogens is 2. The van der Waals surface area contributed by atoms with Crippen molar-refractivity contribution in [1.29, 1.82) is 0 Å². The molecule has 0 unspecified atom stereocenters. The molecule has 4 rings (SSSR count). The molecule has 0 atom stereocenters. The number of nitrogens with zero attached hydrogens (tertiary/aromatic N) is 5. The lowest BCUT2D eigenvalue weighted by atomic mass is 10.2. The highest BCUT2D eigenvalue weighted by Crippen LogP contribution is 2.25. The molecule has 0 amide bonds. The fourth-order valence-electron chi connectivity index (χ4n) is 3.78. The zero-order chi connectivity index (χ0) is 23.2. The van der Waals surface area contributed by atoms with E-state index in [1.807, 2.05) is 0 Å². The first-order valence-corrected chi connectivity index (χ1v) is 11.0. The maximum Gasteiger partial charge on any atom is 0.271 e. The summed E-state index contributed by atoms with van der Waals surface area (Å²) in [4.78, 5) is 24.7. The maximum atomic E-state index is 13.1. The Morgan fingerprint density at radius 2 is 1.85 bits per heavy atom. The largest absolute Gasteiger partial charge is 0.369 e. The van der Waals surface area contributed by atoms with Gasteiger partial charge in [-0.25, -0.2) is 14.4 Å². The van der Waals surface area contributed by atoms with Gasteiger partial charge in [-0.1, -0.05) is 18.2 Å². The van der Waals surface area contributed by atoms with Crippen molar-refractivity contribution in [2.24, 2.45) is 0 Å². The average molecular weight is 451 g/mol. The number of benzene rings is 2. The van der Waals surface area contributed by atoms with Gasteiger partial charge in [0.2, 0.25) is 0 Å². The monoisotopic (exact) mass is 450 g/mol. The van der Waals surface area contributed by atoms with Gasteiger partial charge in [-0.15, -0.1) is 0 Å². The minimum atomic E-state index is -0.432. The molecule has 1 fully saturated rings. The number of fused-ring (bicyclic) bond motifs is 1. The van der Waals surface area contributed by atoms with Gasteiger partial charge >= 0.3 is 0 Å². The third kappa shape index (κ3) is 6.09. The Labute approximate surface area is 191 Å². The van der Waals surface area contributed by atoms with Crippen molar-refractivity contribution < 1.29 is 9.31 Å². The normalized spacial score (nSPS) is 15.3. The molecule has 2 aromatic carbocycles. The van der Waals surface area contributed by atoms with Crippen LogP contribution in [0.1, 0.15) is 17.8 Å². The van der Waals surface area contributed by atoms with Gasteiger partial charge in [0, 0.05) is 50.2 Å². The molecule has 2 heterocycles. The highest BCUT2D eigenvalue weighted by molar-refractivity contribution is 5.91. The lowest BCUT2D eigenvalue weighted by molar-refractivity contribution is -0.384. The third-order valence-electron chi connectivity index (χ3n) is 5.74. The van der Waals surface area contributed by atoms with Crippen LogP contribution >= 0.6 is 0 Å². The Hall–Kier alpha value is -3.43. The molecule has 1 aliphatic rings. The Morgan fingerprint density at radius 1 is 1.09 bits per heavy atom. The van der Waals surface area contributed by atoms with E-state index in [4.69, 9.17) is 0 Å². The van der Waals surface area contributed by atoms with Crippen molar-refractivity contribution in [2.75, 3.05) is 51.6 Å². The van der Waals surface area contributed by atoms with E-state index in [9.17, 15) is 14.5 Å². The number of piperazine rings is 1. The topological polar surface area (TPSA) is 87.4 Å². The van der Waals surface area contributed by atoms with Crippen LogP contribution in [0.25, 0.3) is 23.1 Å². The predicted octanol–water partition coefficient (Wildman–Crippen LogP) is 3.90. The van der Waals surface area contributed by atoms with Crippen LogP contribution in [0.2, 0.25) is 0 Å². The molecule has 8 nitrogen and oxygen atoms in total. The number of anilines is 1. The van der Waals surface area contributed by atoms with Crippen molar-refractivity contribution in [3.8, 4) is 0 Å². The Bertz CT molecular complexity index is 1140. The molecular formula is C24H27FN6O2. The highest BCUT2D eigenvalue weighted by atomic mass is 19.1. The van der Waals surface area contributed by atoms with Crippen LogP contribution in [-0.4, -0.2) is 71.0 Å². The predicted molar refractivity (Wildman–Crippen MR) is 129 cm³/mol. The highest BCUT2D eigenvalue weighted by Gasteiger charge is 2.14. The maximum absolute atomic E-state index is 13.1. The summed E-state index contributed by atoms with van der Waals surface area (Å²) in [5.74, 6) is 0.769. The van der Waals surface area contributed by atoms with E-state index in [1.54, 1.807) is 30.4 Å².